The zero-order chi connectivity index (χ0) is 21.9. The van der Waals surface area contributed by atoms with E-state index in [4.69, 9.17) is 0 Å². The molecule has 2 aromatic carbocycles. The SMILES string of the molecule is Cc1nc(-c2ccc3c(c2)CCN3C(=O)CSc2n[nH]c(/C=C/c3ccccc3)n2)cs1. The second kappa shape index (κ2) is 9.10. The molecule has 0 bridgehead atoms. The molecule has 0 saturated heterocycles. The number of nitrogens with zero attached hydrogens (tertiary/aromatic N) is 4. The van der Waals surface area contributed by atoms with Crippen LogP contribution < -0.4 is 4.90 Å². The lowest BCUT2D eigenvalue weighted by atomic mass is 10.1. The summed E-state index contributed by atoms with van der Waals surface area (Å²) < 4.78 is 0. The van der Waals surface area contributed by atoms with E-state index < -0.39 is 0 Å². The third kappa shape index (κ3) is 4.51. The van der Waals surface area contributed by atoms with Crippen LogP contribution in [-0.2, 0) is 11.2 Å². The molecule has 5 rings (SSSR count). The Kier molecular flexibility index (Phi) is 5.87. The van der Waals surface area contributed by atoms with Crippen LogP contribution in [0.4, 0.5) is 5.69 Å². The molecule has 1 aliphatic heterocycles. The van der Waals surface area contributed by atoms with Gasteiger partial charge in [0.05, 0.1) is 16.5 Å². The number of fused-ring (bicyclic) bond motifs is 1. The Hall–Kier alpha value is -3.23. The first-order valence-electron chi connectivity index (χ1n) is 10.3. The molecule has 3 heterocycles. The second-order valence-electron chi connectivity index (χ2n) is 7.43. The van der Waals surface area contributed by atoms with Crippen LogP contribution in [0.3, 0.4) is 0 Å². The minimum atomic E-state index is 0.0668. The minimum absolute atomic E-state index is 0.0668. The van der Waals surface area contributed by atoms with Gasteiger partial charge in [0.15, 0.2) is 0 Å². The molecule has 0 fully saturated rings. The number of carbonyl (C=O) groups is 1. The molecule has 2 aromatic heterocycles. The summed E-state index contributed by atoms with van der Waals surface area (Å²) in [4.78, 5) is 23.8. The number of amides is 1. The van der Waals surface area contributed by atoms with Gasteiger partial charge in [-0.25, -0.2) is 9.97 Å². The largest absolute Gasteiger partial charge is 0.311 e. The van der Waals surface area contributed by atoms with Crippen LogP contribution in [0.1, 0.15) is 22.0 Å². The molecule has 1 aliphatic rings. The normalized spacial score (nSPS) is 13.1. The highest BCUT2D eigenvalue weighted by Crippen LogP contribution is 2.33. The van der Waals surface area contributed by atoms with Crippen molar-refractivity contribution in [2.75, 3.05) is 17.2 Å². The van der Waals surface area contributed by atoms with Crippen molar-refractivity contribution in [2.45, 2.75) is 18.5 Å². The van der Waals surface area contributed by atoms with Gasteiger partial charge in [-0.2, -0.15) is 0 Å². The zero-order valence-corrected chi connectivity index (χ0v) is 19.1. The maximum Gasteiger partial charge on any atom is 0.237 e. The van der Waals surface area contributed by atoms with Gasteiger partial charge in [-0.05, 0) is 42.7 Å². The number of carbonyl (C=O) groups excluding carboxylic acids is 1. The zero-order valence-electron chi connectivity index (χ0n) is 17.5. The summed E-state index contributed by atoms with van der Waals surface area (Å²) in [5.74, 6) is 1.03. The van der Waals surface area contributed by atoms with Gasteiger partial charge in [0, 0.05) is 23.2 Å². The van der Waals surface area contributed by atoms with Crippen LogP contribution in [0.2, 0.25) is 0 Å². The van der Waals surface area contributed by atoms with Gasteiger partial charge in [0.25, 0.3) is 0 Å². The molecule has 6 nitrogen and oxygen atoms in total. The number of nitrogens with one attached hydrogen (secondary N) is 1. The molecule has 0 atom stereocenters. The Morgan fingerprint density at radius 1 is 1.19 bits per heavy atom. The highest BCUT2D eigenvalue weighted by Gasteiger charge is 2.25. The van der Waals surface area contributed by atoms with E-state index in [1.165, 1.54) is 17.3 Å². The number of benzene rings is 2. The highest BCUT2D eigenvalue weighted by molar-refractivity contribution is 7.99. The van der Waals surface area contributed by atoms with Crippen LogP contribution >= 0.6 is 23.1 Å². The first kappa shape index (κ1) is 20.7. The van der Waals surface area contributed by atoms with Gasteiger partial charge >= 0.3 is 0 Å². The Morgan fingerprint density at radius 3 is 2.88 bits per heavy atom. The smallest absolute Gasteiger partial charge is 0.237 e. The Labute approximate surface area is 194 Å². The molecule has 0 spiro atoms. The molecule has 160 valence electrons. The van der Waals surface area contributed by atoms with Gasteiger partial charge in [-0.3, -0.25) is 9.89 Å². The molecule has 0 radical (unpaired) electrons. The van der Waals surface area contributed by atoms with Crippen LogP contribution in [0, 0.1) is 6.92 Å². The summed E-state index contributed by atoms with van der Waals surface area (Å²) >= 11 is 3.00. The molecular weight excluding hydrogens is 438 g/mol. The predicted molar refractivity (Wildman–Crippen MR) is 131 cm³/mol. The van der Waals surface area contributed by atoms with E-state index in [9.17, 15) is 4.79 Å². The summed E-state index contributed by atoms with van der Waals surface area (Å²) in [6, 6.07) is 16.3. The van der Waals surface area contributed by atoms with Gasteiger partial charge in [0.1, 0.15) is 5.82 Å². The van der Waals surface area contributed by atoms with Crippen molar-refractivity contribution in [1.82, 2.24) is 20.2 Å². The molecule has 4 aromatic rings. The summed E-state index contributed by atoms with van der Waals surface area (Å²) in [7, 11) is 0. The van der Waals surface area contributed by atoms with E-state index in [1.807, 2.05) is 66.4 Å². The Balaban J connectivity index is 1.21. The number of rotatable bonds is 6. The predicted octanol–water partition coefficient (Wildman–Crippen LogP) is 5.09. The van der Waals surface area contributed by atoms with Crippen molar-refractivity contribution in [3.05, 3.63) is 75.9 Å². The van der Waals surface area contributed by atoms with Crippen LogP contribution in [0.25, 0.3) is 23.4 Å². The maximum absolute atomic E-state index is 12.9. The van der Waals surface area contributed by atoms with E-state index in [2.05, 4.69) is 31.6 Å². The number of hydrogen-bond donors (Lipinski definition) is 1. The third-order valence-corrected chi connectivity index (χ3v) is 6.84. The van der Waals surface area contributed by atoms with Gasteiger partial charge in [-0.15, -0.1) is 16.4 Å². The van der Waals surface area contributed by atoms with Gasteiger partial charge in [0.2, 0.25) is 11.1 Å². The number of thiazole rings is 1. The van der Waals surface area contributed by atoms with Crippen molar-refractivity contribution in [2.24, 2.45) is 0 Å². The first-order chi connectivity index (χ1) is 15.7. The van der Waals surface area contributed by atoms with E-state index in [0.29, 0.717) is 23.3 Å². The first-order valence-corrected chi connectivity index (χ1v) is 12.2. The molecule has 1 amide bonds. The van der Waals surface area contributed by atoms with Crippen molar-refractivity contribution >= 4 is 46.8 Å². The van der Waals surface area contributed by atoms with Gasteiger partial charge in [-0.1, -0.05) is 54.2 Å². The summed E-state index contributed by atoms with van der Waals surface area (Å²) in [5.41, 5.74) is 5.38. The quantitative estimate of drug-likeness (QED) is 0.407. The van der Waals surface area contributed by atoms with Crippen LogP contribution in [0.15, 0.2) is 59.1 Å². The van der Waals surface area contributed by atoms with E-state index in [-0.39, 0.29) is 5.91 Å². The van der Waals surface area contributed by atoms with E-state index in [0.717, 1.165) is 33.9 Å². The fraction of sp³-hybridized carbons (Fsp3) is 0.167. The summed E-state index contributed by atoms with van der Waals surface area (Å²) in [6.45, 7) is 2.71. The average molecular weight is 460 g/mol. The number of aromatic nitrogens is 4. The molecule has 0 unspecified atom stereocenters. The van der Waals surface area contributed by atoms with E-state index in [1.54, 1.807) is 11.3 Å². The van der Waals surface area contributed by atoms with Crippen LogP contribution in [0.5, 0.6) is 0 Å². The summed E-state index contributed by atoms with van der Waals surface area (Å²) in [6.07, 6.45) is 4.71. The van der Waals surface area contributed by atoms with Crippen LogP contribution in [-0.4, -0.2) is 38.4 Å². The Bertz CT molecular complexity index is 1280. The maximum atomic E-state index is 12.9. The van der Waals surface area contributed by atoms with E-state index >= 15 is 0 Å². The average Bonchev–Trinajstić information content (AvgIpc) is 3.56. The molecule has 32 heavy (non-hydrogen) atoms. The number of thioether (sulfide) groups is 1. The highest BCUT2D eigenvalue weighted by atomic mass is 32.2. The Morgan fingerprint density at radius 2 is 2.06 bits per heavy atom. The number of H-pyrrole nitrogens is 1. The second-order valence-corrected chi connectivity index (χ2v) is 9.43. The summed E-state index contributed by atoms with van der Waals surface area (Å²) in [5, 5.41) is 10.8. The van der Waals surface area contributed by atoms with Crippen molar-refractivity contribution < 1.29 is 4.79 Å². The van der Waals surface area contributed by atoms with Crippen molar-refractivity contribution in [3.63, 3.8) is 0 Å². The number of anilines is 1. The molecule has 0 aliphatic carbocycles. The molecular formula is C24H21N5OS2. The van der Waals surface area contributed by atoms with Crippen molar-refractivity contribution in [3.8, 4) is 11.3 Å². The standard InChI is InChI=1S/C24H21N5OS2/c1-16-25-20(14-31-16)18-8-9-21-19(13-18)11-12-29(21)23(30)15-32-24-26-22(27-28-24)10-7-17-5-3-2-4-6-17/h2-10,13-14H,11-12,15H2,1H3,(H,26,27,28)/b10-7+. The lowest BCUT2D eigenvalue weighted by Crippen LogP contribution is -2.30. The molecule has 1 N–H and O–H groups in total. The fourth-order valence-electron chi connectivity index (χ4n) is 3.66. The lowest BCUT2D eigenvalue weighted by Gasteiger charge is -2.17. The fourth-order valence-corrected chi connectivity index (χ4v) is 4.96. The number of hydrogen-bond acceptors (Lipinski definition) is 6. The molecule has 8 heteroatoms. The van der Waals surface area contributed by atoms with Gasteiger partial charge < -0.3 is 4.90 Å². The lowest BCUT2D eigenvalue weighted by molar-refractivity contribution is -0.116. The number of aryl methyl sites for hydroxylation is 1. The van der Waals surface area contributed by atoms with Crippen molar-refractivity contribution in [1.29, 1.82) is 0 Å². The monoisotopic (exact) mass is 459 g/mol. The third-order valence-electron chi connectivity index (χ3n) is 5.23. The number of aromatic amines is 1. The molecule has 0 saturated carbocycles. The topological polar surface area (TPSA) is 74.8 Å². The minimum Gasteiger partial charge on any atom is -0.311 e.